The average molecular weight is 381 g/mol. The van der Waals surface area contributed by atoms with Crippen LogP contribution in [-0.4, -0.2) is 25.1 Å². The van der Waals surface area contributed by atoms with E-state index in [2.05, 4.69) is 29.1 Å². The van der Waals surface area contributed by atoms with Gasteiger partial charge in [-0.1, -0.05) is 25.5 Å². The Bertz CT molecular complexity index is 698. The summed E-state index contributed by atoms with van der Waals surface area (Å²) < 4.78 is 26.5. The van der Waals surface area contributed by atoms with E-state index >= 15 is 0 Å². The van der Waals surface area contributed by atoms with Gasteiger partial charge < -0.3 is 5.32 Å². The Labute approximate surface area is 158 Å². The molecule has 0 atom stereocenters. The van der Waals surface area contributed by atoms with Crippen molar-refractivity contribution >= 4 is 21.6 Å². The van der Waals surface area contributed by atoms with Crippen LogP contribution in [0.4, 0.5) is 5.69 Å². The highest BCUT2D eigenvalue weighted by molar-refractivity contribution is 7.90. The standard InChI is InChI=1S/C20H32N2O3S/c1-5-6-15-7-11-17(12-8-15)21-19(23)16-9-13-18(14-10-16)22-26(24,25)20(2,3)4/h7-8,11-12,16,18,22H,5-6,9-10,13-14H2,1-4H3,(H,21,23)/t16-,18-. The largest absolute Gasteiger partial charge is 0.326 e. The molecule has 1 fully saturated rings. The third-order valence-corrected chi connectivity index (χ3v) is 7.24. The highest BCUT2D eigenvalue weighted by Gasteiger charge is 2.34. The molecule has 0 unspecified atom stereocenters. The van der Waals surface area contributed by atoms with E-state index in [1.165, 1.54) is 5.56 Å². The number of benzene rings is 1. The molecule has 1 saturated carbocycles. The van der Waals surface area contributed by atoms with Crippen LogP contribution in [0, 0.1) is 5.92 Å². The fraction of sp³-hybridized carbons (Fsp3) is 0.650. The molecule has 1 aromatic carbocycles. The average Bonchev–Trinajstić information content (AvgIpc) is 2.56. The highest BCUT2D eigenvalue weighted by Crippen LogP contribution is 2.27. The van der Waals surface area contributed by atoms with Crippen molar-refractivity contribution in [2.45, 2.75) is 77.0 Å². The van der Waals surface area contributed by atoms with Gasteiger partial charge >= 0.3 is 0 Å². The number of carbonyl (C=O) groups excluding carboxylic acids is 1. The number of aryl methyl sites for hydroxylation is 1. The van der Waals surface area contributed by atoms with Crippen LogP contribution >= 0.6 is 0 Å². The summed E-state index contributed by atoms with van der Waals surface area (Å²) in [7, 11) is -3.34. The summed E-state index contributed by atoms with van der Waals surface area (Å²) in [5, 5.41) is 2.99. The lowest BCUT2D eigenvalue weighted by Crippen LogP contribution is -2.46. The van der Waals surface area contributed by atoms with Crippen molar-refractivity contribution in [3.8, 4) is 0 Å². The normalized spacial score (nSPS) is 21.4. The number of rotatable bonds is 6. The van der Waals surface area contributed by atoms with Crippen molar-refractivity contribution in [3.63, 3.8) is 0 Å². The predicted octanol–water partition coefficient (Wildman–Crippen LogP) is 3.85. The van der Waals surface area contributed by atoms with Gasteiger partial charge in [0.1, 0.15) is 0 Å². The summed E-state index contributed by atoms with van der Waals surface area (Å²) in [6.07, 6.45) is 4.95. The molecule has 0 radical (unpaired) electrons. The van der Waals surface area contributed by atoms with Crippen LogP contribution in [-0.2, 0) is 21.2 Å². The Morgan fingerprint density at radius 2 is 1.65 bits per heavy atom. The topological polar surface area (TPSA) is 75.3 Å². The quantitative estimate of drug-likeness (QED) is 0.787. The second-order valence-corrected chi connectivity index (χ2v) is 10.7. The van der Waals surface area contributed by atoms with Gasteiger partial charge in [0.25, 0.3) is 0 Å². The molecule has 0 bridgehead atoms. The molecule has 0 aromatic heterocycles. The smallest absolute Gasteiger partial charge is 0.227 e. The minimum absolute atomic E-state index is 0.0328. The Hall–Kier alpha value is -1.40. The first-order chi connectivity index (χ1) is 12.1. The summed E-state index contributed by atoms with van der Waals surface area (Å²) in [5.74, 6) is -0.0221. The SMILES string of the molecule is CCCc1ccc(NC(=O)[C@H]2CC[C@H](NS(=O)(=O)C(C)(C)C)CC2)cc1. The number of anilines is 1. The van der Waals surface area contributed by atoms with Crippen molar-refractivity contribution in [1.82, 2.24) is 4.72 Å². The fourth-order valence-corrected chi connectivity index (χ4v) is 4.19. The molecule has 0 aliphatic heterocycles. The summed E-state index contributed by atoms with van der Waals surface area (Å²) in [5.41, 5.74) is 2.10. The second-order valence-electron chi connectivity index (χ2n) is 8.22. The first kappa shape index (κ1) is 20.9. The van der Waals surface area contributed by atoms with E-state index in [9.17, 15) is 13.2 Å². The van der Waals surface area contributed by atoms with E-state index in [0.29, 0.717) is 25.7 Å². The van der Waals surface area contributed by atoms with Crippen LogP contribution in [0.5, 0.6) is 0 Å². The number of nitrogens with one attached hydrogen (secondary N) is 2. The van der Waals surface area contributed by atoms with Crippen LogP contribution in [0.2, 0.25) is 0 Å². The zero-order valence-electron chi connectivity index (χ0n) is 16.3. The molecule has 146 valence electrons. The van der Waals surface area contributed by atoms with Crippen molar-refractivity contribution in [2.75, 3.05) is 5.32 Å². The summed E-state index contributed by atoms with van der Waals surface area (Å²) in [6.45, 7) is 7.23. The molecular formula is C20H32N2O3S. The summed E-state index contributed by atoms with van der Waals surface area (Å²) >= 11 is 0. The summed E-state index contributed by atoms with van der Waals surface area (Å²) in [4.78, 5) is 12.5. The molecule has 0 saturated heterocycles. The molecule has 0 spiro atoms. The van der Waals surface area contributed by atoms with Gasteiger partial charge in [-0.15, -0.1) is 0 Å². The Kier molecular flexibility index (Phi) is 6.86. The zero-order chi connectivity index (χ0) is 19.4. The van der Waals surface area contributed by atoms with E-state index < -0.39 is 14.8 Å². The molecule has 5 nitrogen and oxygen atoms in total. The maximum absolute atomic E-state index is 12.5. The number of hydrogen-bond donors (Lipinski definition) is 2. The van der Waals surface area contributed by atoms with E-state index in [1.54, 1.807) is 20.8 Å². The molecule has 26 heavy (non-hydrogen) atoms. The molecule has 2 rings (SSSR count). The monoisotopic (exact) mass is 380 g/mol. The molecule has 0 heterocycles. The molecule has 6 heteroatoms. The highest BCUT2D eigenvalue weighted by atomic mass is 32.2. The van der Waals surface area contributed by atoms with Gasteiger partial charge in [-0.2, -0.15) is 0 Å². The van der Waals surface area contributed by atoms with Crippen molar-refractivity contribution in [2.24, 2.45) is 5.92 Å². The fourth-order valence-electron chi connectivity index (χ4n) is 3.16. The van der Waals surface area contributed by atoms with Crippen LogP contribution < -0.4 is 10.0 Å². The maximum atomic E-state index is 12.5. The zero-order valence-corrected chi connectivity index (χ0v) is 17.2. The number of amides is 1. The van der Waals surface area contributed by atoms with Gasteiger partial charge in [-0.3, -0.25) is 4.79 Å². The Balaban J connectivity index is 1.84. The lowest BCUT2D eigenvalue weighted by Gasteiger charge is -2.30. The first-order valence-electron chi connectivity index (χ1n) is 9.54. The van der Waals surface area contributed by atoms with Crippen LogP contribution in [0.15, 0.2) is 24.3 Å². The van der Waals surface area contributed by atoms with Gasteiger partial charge in [0.05, 0.1) is 4.75 Å². The van der Waals surface area contributed by atoms with Crippen molar-refractivity contribution < 1.29 is 13.2 Å². The van der Waals surface area contributed by atoms with E-state index in [4.69, 9.17) is 0 Å². The number of carbonyl (C=O) groups is 1. The van der Waals surface area contributed by atoms with E-state index in [1.807, 2.05) is 12.1 Å². The van der Waals surface area contributed by atoms with Crippen LogP contribution in [0.25, 0.3) is 0 Å². The molecule has 1 aliphatic carbocycles. The van der Waals surface area contributed by atoms with Crippen LogP contribution in [0.3, 0.4) is 0 Å². The van der Waals surface area contributed by atoms with Crippen molar-refractivity contribution in [3.05, 3.63) is 29.8 Å². The van der Waals surface area contributed by atoms with Gasteiger partial charge in [0.15, 0.2) is 0 Å². The second kappa shape index (κ2) is 8.53. The Morgan fingerprint density at radius 3 is 2.15 bits per heavy atom. The molecule has 1 aromatic rings. The van der Waals surface area contributed by atoms with E-state index in [-0.39, 0.29) is 17.9 Å². The molecular weight excluding hydrogens is 348 g/mol. The molecule has 2 N–H and O–H groups in total. The minimum Gasteiger partial charge on any atom is -0.326 e. The maximum Gasteiger partial charge on any atom is 0.227 e. The lowest BCUT2D eigenvalue weighted by molar-refractivity contribution is -0.120. The minimum atomic E-state index is -3.34. The predicted molar refractivity (Wildman–Crippen MR) is 107 cm³/mol. The first-order valence-corrected chi connectivity index (χ1v) is 11.0. The van der Waals surface area contributed by atoms with Gasteiger partial charge in [-0.25, -0.2) is 13.1 Å². The number of hydrogen-bond acceptors (Lipinski definition) is 3. The van der Waals surface area contributed by atoms with E-state index in [0.717, 1.165) is 18.5 Å². The van der Waals surface area contributed by atoms with Crippen LogP contribution in [0.1, 0.15) is 65.4 Å². The van der Waals surface area contributed by atoms with Crippen molar-refractivity contribution in [1.29, 1.82) is 0 Å². The molecule has 1 amide bonds. The third kappa shape index (κ3) is 5.55. The molecule has 1 aliphatic rings. The van der Waals surface area contributed by atoms with Gasteiger partial charge in [0.2, 0.25) is 15.9 Å². The summed E-state index contributed by atoms with van der Waals surface area (Å²) in [6, 6.07) is 7.93. The number of sulfonamides is 1. The van der Waals surface area contributed by atoms with Gasteiger partial charge in [-0.05, 0) is 70.6 Å². The van der Waals surface area contributed by atoms with Gasteiger partial charge in [0, 0.05) is 17.6 Å². The Morgan fingerprint density at radius 1 is 1.08 bits per heavy atom. The third-order valence-electron chi connectivity index (χ3n) is 4.99. The lowest BCUT2D eigenvalue weighted by atomic mass is 9.86.